The highest BCUT2D eigenvalue weighted by Crippen LogP contribution is 2.79. The molecule has 1 unspecified atom stereocenters. The fourth-order valence-electron chi connectivity index (χ4n) is 14.5. The first-order valence-electron chi connectivity index (χ1n) is 31.6. The van der Waals surface area contributed by atoms with Gasteiger partial charge >= 0.3 is 5.51 Å². The van der Waals surface area contributed by atoms with Crippen LogP contribution in [0.25, 0.3) is 0 Å². The average Bonchev–Trinajstić information content (AvgIpc) is 0.799. The molecule has 3 saturated heterocycles. The number of imide groups is 2. The van der Waals surface area contributed by atoms with Gasteiger partial charge in [-0.2, -0.15) is 13.2 Å². The molecule has 4 aliphatic heterocycles. The smallest absolute Gasteiger partial charge is 0.380 e. The Labute approximate surface area is 538 Å². The molecule has 4 aromatic carbocycles. The molecule has 0 radical (unpaired) electrons. The van der Waals surface area contributed by atoms with E-state index in [1.54, 1.807) is 28.2 Å². The van der Waals surface area contributed by atoms with Crippen molar-refractivity contribution < 1.29 is 63.6 Å². The second kappa shape index (κ2) is 26.3. The van der Waals surface area contributed by atoms with E-state index in [9.17, 15) is 63.6 Å². The van der Waals surface area contributed by atoms with Gasteiger partial charge in [0.1, 0.15) is 10.9 Å². The van der Waals surface area contributed by atoms with Gasteiger partial charge in [0.05, 0.1) is 27.4 Å². The molecule has 2 atom stereocenters. The maximum absolute atomic E-state index is 14.5. The molecular formula is C66H78F3N9O11S3. The van der Waals surface area contributed by atoms with Crippen molar-refractivity contribution in [2.45, 2.75) is 137 Å². The highest BCUT2D eigenvalue weighted by molar-refractivity contribution is 7.99. The minimum Gasteiger partial charge on any atom is -0.380 e. The molecular weight excluding hydrogens is 1250 g/mol. The van der Waals surface area contributed by atoms with E-state index in [1.165, 1.54) is 80.6 Å². The molecule has 7 amide bonds. The summed E-state index contributed by atoms with van der Waals surface area (Å²) in [5.41, 5.74) is -0.837. The lowest BCUT2D eigenvalue weighted by Gasteiger charge is -2.73. The van der Waals surface area contributed by atoms with Crippen LogP contribution in [0.4, 0.5) is 30.2 Å². The van der Waals surface area contributed by atoms with E-state index in [-0.39, 0.29) is 72.6 Å². The molecule has 20 nitrogen and oxygen atoms in total. The number of halogens is 3. The summed E-state index contributed by atoms with van der Waals surface area (Å²) in [6, 6.07) is 20.4. The van der Waals surface area contributed by atoms with Crippen LogP contribution in [0.1, 0.15) is 135 Å². The first-order valence-corrected chi connectivity index (χ1v) is 35.5. The number of sulfone groups is 1. The summed E-state index contributed by atoms with van der Waals surface area (Å²) in [5.74, 6) is -4.32. The summed E-state index contributed by atoms with van der Waals surface area (Å²) in [7, 11) is -11.1. The number of piperazine rings is 2. The maximum atomic E-state index is 14.5. The van der Waals surface area contributed by atoms with Gasteiger partial charge in [-0.05, 0) is 141 Å². The number of allylic oxidation sites excluding steroid dienone is 1. The van der Waals surface area contributed by atoms with Crippen LogP contribution in [0.2, 0.25) is 0 Å². The predicted molar refractivity (Wildman–Crippen MR) is 341 cm³/mol. The molecule has 492 valence electrons. The zero-order valence-corrected chi connectivity index (χ0v) is 54.3. The molecule has 3 saturated carbocycles. The molecule has 6 fully saturated rings. The number of amides is 7. The Morgan fingerprint density at radius 3 is 2.15 bits per heavy atom. The van der Waals surface area contributed by atoms with Crippen molar-refractivity contribution in [3.8, 4) is 0 Å². The van der Waals surface area contributed by atoms with Crippen molar-refractivity contribution in [2.24, 2.45) is 16.2 Å². The van der Waals surface area contributed by atoms with Crippen LogP contribution < -0.4 is 25.6 Å². The third-order valence-corrected chi connectivity index (χ3v) is 23.7. The molecule has 2 bridgehead atoms. The van der Waals surface area contributed by atoms with Gasteiger partial charge in [0.25, 0.3) is 37.6 Å². The Hall–Kier alpha value is -7.13. The summed E-state index contributed by atoms with van der Waals surface area (Å²) < 4.78 is 99.9. The number of hydrogen-bond donors (Lipinski definition) is 4. The molecule has 8 aliphatic rings. The number of carbonyl (C=O) groups excluding carboxylic acids is 7. The second-order valence-corrected chi connectivity index (χ2v) is 31.2. The molecule has 4 aliphatic carbocycles. The standard InChI is InChI=1S/C66H78F3N9O11S3/c1-4-64-40-65(41-64,42-64)50-37-63(2,3)26-24-44(50)38-75-30-32-76(33-31-75)46-18-16-43(17-19-46)59(82)73-92(88,89)48-20-21-51(54(36-48)91(86,87)66(67,68)69)70-45(39-90-47-10-6-5-7-11-47)25-27-74-28-34-77(35-29-74)57(81)15-9-14-55(79)71-52-13-8-12-49-58(52)62(85)78(61(49)84)53-22-23-56(80)72-60(53)83/h5-8,10-13,16-21,36,45,53,70H,4,9,14-15,22-35,37-42H2,1-3H3,(H,71,79)(H,73,82)(H,72,80,83)/t45-,53?,64?,65?/m1/s1. The van der Waals surface area contributed by atoms with Crippen LogP contribution in [0.15, 0.2) is 117 Å². The van der Waals surface area contributed by atoms with Gasteiger partial charge in [-0.15, -0.1) is 11.8 Å². The van der Waals surface area contributed by atoms with E-state index < -0.39 is 88.4 Å². The van der Waals surface area contributed by atoms with Gasteiger partial charge in [0, 0.05) is 113 Å². The van der Waals surface area contributed by atoms with Crippen molar-refractivity contribution >= 4 is 90.0 Å². The monoisotopic (exact) mass is 1330 g/mol. The number of nitrogens with zero attached hydrogens (tertiary/aromatic N) is 5. The number of rotatable bonds is 23. The summed E-state index contributed by atoms with van der Waals surface area (Å²) in [5, 5.41) is 7.79. The SMILES string of the molecule is CCC12CC(C3=C(CN4CCN(c5ccc(C(=O)NS(=O)(=O)c6ccc(N[C@H](CCN7CCN(C(=O)CCCC(=O)Nc8cccc9c8C(=O)N(C8CCC(=O)NC8=O)C9=O)CC7)CSc7ccccc7)c(S(=O)(=O)C(F)(F)F)c6)cc5)CC4)CCC(C)(C)C3)(C1)C2. The van der Waals surface area contributed by atoms with Crippen LogP contribution in [-0.2, 0) is 39.0 Å². The number of nitrogens with one attached hydrogen (secondary N) is 4. The highest BCUT2D eigenvalue weighted by atomic mass is 32.2. The van der Waals surface area contributed by atoms with Gasteiger partial charge in [-0.1, -0.05) is 62.6 Å². The number of carbonyl (C=O) groups is 7. The first kappa shape index (κ1) is 66.3. The number of piperidine rings is 1. The van der Waals surface area contributed by atoms with Crippen molar-refractivity contribution in [1.82, 2.24) is 29.6 Å². The van der Waals surface area contributed by atoms with Crippen molar-refractivity contribution in [3.05, 3.63) is 119 Å². The molecule has 92 heavy (non-hydrogen) atoms. The number of fused-ring (bicyclic) bond motifs is 1. The van der Waals surface area contributed by atoms with Crippen LogP contribution in [0, 0.1) is 16.2 Å². The van der Waals surface area contributed by atoms with Gasteiger partial charge < -0.3 is 20.4 Å². The van der Waals surface area contributed by atoms with Crippen molar-refractivity contribution in [3.63, 3.8) is 0 Å². The van der Waals surface area contributed by atoms with E-state index in [1.807, 2.05) is 40.0 Å². The second-order valence-electron chi connectivity index (χ2n) is 26.5. The summed E-state index contributed by atoms with van der Waals surface area (Å²) in [4.78, 5) is 98.9. The Balaban J connectivity index is 0.679. The molecule has 26 heteroatoms. The summed E-state index contributed by atoms with van der Waals surface area (Å²) >= 11 is 1.37. The van der Waals surface area contributed by atoms with Crippen LogP contribution in [-0.4, -0.2) is 167 Å². The maximum Gasteiger partial charge on any atom is 0.501 e. The summed E-state index contributed by atoms with van der Waals surface area (Å²) in [6.45, 7) is 13.2. The zero-order valence-electron chi connectivity index (χ0n) is 51.9. The van der Waals surface area contributed by atoms with Gasteiger partial charge in [-0.25, -0.2) is 21.6 Å². The van der Waals surface area contributed by atoms with Gasteiger partial charge in [0.15, 0.2) is 0 Å². The Morgan fingerprint density at radius 2 is 1.48 bits per heavy atom. The van der Waals surface area contributed by atoms with E-state index in [4.69, 9.17) is 0 Å². The molecule has 0 aromatic heterocycles. The van der Waals surface area contributed by atoms with Crippen molar-refractivity contribution in [2.75, 3.05) is 86.7 Å². The van der Waals surface area contributed by atoms with Gasteiger partial charge in [0.2, 0.25) is 23.6 Å². The number of anilines is 3. The summed E-state index contributed by atoms with van der Waals surface area (Å²) in [6.07, 6.45) is 9.06. The fraction of sp³-hybridized carbons (Fsp3) is 0.500. The number of hydrogen-bond acceptors (Lipinski definition) is 16. The number of thioether (sulfide) groups is 1. The van der Waals surface area contributed by atoms with Crippen LogP contribution in [0.3, 0.4) is 0 Å². The lowest BCUT2D eigenvalue weighted by Crippen LogP contribution is -2.63. The molecule has 12 rings (SSSR count). The third kappa shape index (κ3) is 14.0. The quantitative estimate of drug-likeness (QED) is 0.0308. The Kier molecular flexibility index (Phi) is 19.0. The molecule has 4 N–H and O–H groups in total. The van der Waals surface area contributed by atoms with Gasteiger partial charge in [-0.3, -0.25) is 53.6 Å². The largest absolute Gasteiger partial charge is 0.501 e. The molecule has 0 spiro atoms. The van der Waals surface area contributed by atoms with E-state index in [2.05, 4.69) is 46.5 Å². The predicted octanol–water partition coefficient (Wildman–Crippen LogP) is 8.63. The molecule has 4 heterocycles. The van der Waals surface area contributed by atoms with E-state index in [0.29, 0.717) is 55.0 Å². The van der Waals surface area contributed by atoms with Crippen LogP contribution in [0.5, 0.6) is 0 Å². The Morgan fingerprint density at radius 1 is 0.783 bits per heavy atom. The Bertz CT molecular complexity index is 3810. The normalized spacial score (nSPS) is 23.1. The lowest BCUT2D eigenvalue weighted by atomic mass is 9.31. The van der Waals surface area contributed by atoms with E-state index >= 15 is 0 Å². The van der Waals surface area contributed by atoms with Crippen LogP contribution >= 0.6 is 11.8 Å². The first-order chi connectivity index (χ1) is 43.7. The molecule has 4 aromatic rings. The number of alkyl halides is 3. The minimum atomic E-state index is -6.18. The highest BCUT2D eigenvalue weighted by Gasteiger charge is 2.68. The third-order valence-electron chi connectivity index (χ3n) is 19.7. The zero-order chi connectivity index (χ0) is 65.5. The average molecular weight is 1330 g/mol. The number of benzene rings is 4. The minimum absolute atomic E-state index is 0.000463. The topological polar surface area (TPSA) is 252 Å². The van der Waals surface area contributed by atoms with E-state index in [0.717, 1.165) is 66.8 Å². The lowest BCUT2D eigenvalue weighted by molar-refractivity contribution is -0.182. The fourth-order valence-corrected chi connectivity index (χ4v) is 17.5. The van der Waals surface area contributed by atoms with Crippen molar-refractivity contribution in [1.29, 1.82) is 0 Å². The number of sulfonamides is 1.